The van der Waals surface area contributed by atoms with Crippen LogP contribution in [0.3, 0.4) is 0 Å². The van der Waals surface area contributed by atoms with Crippen molar-refractivity contribution in [1.29, 1.82) is 0 Å². The van der Waals surface area contributed by atoms with Crippen molar-refractivity contribution in [1.82, 2.24) is 9.97 Å². The van der Waals surface area contributed by atoms with Crippen LogP contribution in [0, 0.1) is 5.92 Å². The molecule has 0 saturated carbocycles. The fourth-order valence-electron chi connectivity index (χ4n) is 1.28. The summed E-state index contributed by atoms with van der Waals surface area (Å²) in [6.45, 7) is 4.43. The molecule has 0 aliphatic heterocycles. The van der Waals surface area contributed by atoms with Gasteiger partial charge in [0.25, 0.3) is 0 Å². The van der Waals surface area contributed by atoms with Gasteiger partial charge in [0.1, 0.15) is 0 Å². The topological polar surface area (TPSA) is 35.0 Å². The van der Waals surface area contributed by atoms with Crippen molar-refractivity contribution in [2.75, 3.05) is 6.61 Å². The van der Waals surface area contributed by atoms with E-state index in [4.69, 9.17) is 16.3 Å². The van der Waals surface area contributed by atoms with E-state index < -0.39 is 17.2 Å². The van der Waals surface area contributed by atoms with E-state index in [0.29, 0.717) is 12.5 Å². The molecule has 0 N–H and O–H groups in total. The van der Waals surface area contributed by atoms with Gasteiger partial charge in [-0.2, -0.15) is 18.2 Å². The monoisotopic (exact) mass is 282 g/mol. The maximum Gasteiger partial charge on any atom is 0.433 e. The lowest BCUT2D eigenvalue weighted by Gasteiger charge is -2.10. The molecule has 0 aromatic carbocycles. The highest BCUT2D eigenvalue weighted by molar-refractivity contribution is 6.28. The van der Waals surface area contributed by atoms with E-state index in [1.54, 1.807) is 0 Å². The molecule has 102 valence electrons. The van der Waals surface area contributed by atoms with Crippen LogP contribution in [0.25, 0.3) is 0 Å². The predicted octanol–water partition coefficient (Wildman–Crippen LogP) is 3.96. The van der Waals surface area contributed by atoms with Gasteiger partial charge in [-0.3, -0.25) is 0 Å². The molecule has 0 atom stereocenters. The summed E-state index contributed by atoms with van der Waals surface area (Å²) < 4.78 is 42.5. The number of halogens is 4. The van der Waals surface area contributed by atoms with E-state index in [-0.39, 0.29) is 5.88 Å². The van der Waals surface area contributed by atoms with Crippen LogP contribution in [0.4, 0.5) is 13.2 Å². The average molecular weight is 283 g/mol. The lowest BCUT2D eigenvalue weighted by Crippen LogP contribution is -2.10. The zero-order valence-corrected chi connectivity index (χ0v) is 10.8. The minimum Gasteiger partial charge on any atom is -0.478 e. The summed E-state index contributed by atoms with van der Waals surface area (Å²) >= 11 is 5.42. The molecule has 0 saturated heterocycles. The molecule has 1 heterocycles. The fraction of sp³-hybridized carbons (Fsp3) is 0.636. The molecule has 0 amide bonds. The summed E-state index contributed by atoms with van der Waals surface area (Å²) in [5.41, 5.74) is -1.10. The molecule has 0 fully saturated rings. The number of hydrogen-bond donors (Lipinski definition) is 0. The number of aromatic nitrogens is 2. The van der Waals surface area contributed by atoms with Crippen LogP contribution in [0.2, 0.25) is 5.28 Å². The number of alkyl halides is 3. The molecule has 0 aliphatic rings. The molecule has 0 spiro atoms. The van der Waals surface area contributed by atoms with Crippen molar-refractivity contribution in [3.05, 3.63) is 17.0 Å². The number of hydrogen-bond acceptors (Lipinski definition) is 3. The normalized spacial score (nSPS) is 11.9. The van der Waals surface area contributed by atoms with Gasteiger partial charge in [-0.1, -0.05) is 13.8 Å². The van der Waals surface area contributed by atoms with Crippen LogP contribution < -0.4 is 4.74 Å². The van der Waals surface area contributed by atoms with Crippen LogP contribution in [0.15, 0.2) is 6.07 Å². The summed E-state index contributed by atoms with van der Waals surface area (Å²) in [7, 11) is 0. The Bertz CT molecular complexity index is 396. The van der Waals surface area contributed by atoms with Crippen molar-refractivity contribution in [3.63, 3.8) is 0 Å². The SMILES string of the molecule is CC(C)CCCOc1cc(C(F)(F)F)nc(Cl)n1. The molecule has 0 bridgehead atoms. The molecule has 0 aliphatic carbocycles. The molecular weight excluding hydrogens is 269 g/mol. The fourth-order valence-corrected chi connectivity index (χ4v) is 1.46. The lowest BCUT2D eigenvalue weighted by molar-refractivity contribution is -0.141. The van der Waals surface area contributed by atoms with Gasteiger partial charge >= 0.3 is 6.18 Å². The van der Waals surface area contributed by atoms with Crippen LogP contribution >= 0.6 is 11.6 Å². The third kappa shape index (κ3) is 5.08. The van der Waals surface area contributed by atoms with Crippen LogP contribution in [-0.2, 0) is 6.18 Å². The van der Waals surface area contributed by atoms with Gasteiger partial charge in [0, 0.05) is 6.07 Å². The standard InChI is InChI=1S/C11H14ClF3N2O/c1-7(2)4-3-5-18-9-6-8(11(13,14)15)16-10(12)17-9/h6-7H,3-5H2,1-2H3. The second-order valence-corrected chi connectivity index (χ2v) is 4.58. The van der Waals surface area contributed by atoms with Gasteiger partial charge in [0.15, 0.2) is 5.69 Å². The lowest BCUT2D eigenvalue weighted by atomic mass is 10.1. The van der Waals surface area contributed by atoms with Crippen molar-refractivity contribution in [3.8, 4) is 5.88 Å². The minimum atomic E-state index is -4.55. The second kappa shape index (κ2) is 6.22. The summed E-state index contributed by atoms with van der Waals surface area (Å²) in [5, 5.41) is -0.469. The molecular formula is C11H14ClF3N2O. The molecule has 1 aromatic heterocycles. The Morgan fingerprint density at radius 2 is 2.00 bits per heavy atom. The molecule has 0 radical (unpaired) electrons. The minimum absolute atomic E-state index is 0.147. The molecule has 7 heteroatoms. The van der Waals surface area contributed by atoms with E-state index in [9.17, 15) is 13.2 Å². The van der Waals surface area contributed by atoms with Gasteiger partial charge in [-0.15, -0.1) is 0 Å². The first kappa shape index (κ1) is 15.0. The third-order valence-corrected chi connectivity index (χ3v) is 2.31. The third-order valence-electron chi connectivity index (χ3n) is 2.14. The molecule has 0 unspecified atom stereocenters. The average Bonchev–Trinajstić information content (AvgIpc) is 2.22. The highest BCUT2D eigenvalue weighted by atomic mass is 35.5. The van der Waals surface area contributed by atoms with E-state index in [0.717, 1.165) is 18.9 Å². The Balaban J connectivity index is 2.63. The van der Waals surface area contributed by atoms with Gasteiger partial charge in [0.05, 0.1) is 6.61 Å². The first-order chi connectivity index (χ1) is 8.29. The van der Waals surface area contributed by atoms with E-state index >= 15 is 0 Å². The first-order valence-electron chi connectivity index (χ1n) is 5.53. The van der Waals surface area contributed by atoms with E-state index in [2.05, 4.69) is 23.8 Å². The zero-order chi connectivity index (χ0) is 13.8. The van der Waals surface area contributed by atoms with Crippen molar-refractivity contribution < 1.29 is 17.9 Å². The summed E-state index contributed by atoms with van der Waals surface area (Å²) in [4.78, 5) is 6.71. The zero-order valence-electron chi connectivity index (χ0n) is 10.1. The van der Waals surface area contributed by atoms with Crippen molar-refractivity contribution in [2.24, 2.45) is 5.92 Å². The highest BCUT2D eigenvalue weighted by Gasteiger charge is 2.33. The maximum atomic E-state index is 12.4. The Kier molecular flexibility index (Phi) is 5.19. The van der Waals surface area contributed by atoms with Crippen LogP contribution in [-0.4, -0.2) is 16.6 Å². The number of nitrogens with zero attached hydrogens (tertiary/aromatic N) is 2. The molecule has 18 heavy (non-hydrogen) atoms. The first-order valence-corrected chi connectivity index (χ1v) is 5.91. The molecule has 3 nitrogen and oxygen atoms in total. The van der Waals surface area contributed by atoms with Gasteiger partial charge in [-0.05, 0) is 30.4 Å². The maximum absolute atomic E-state index is 12.4. The predicted molar refractivity (Wildman–Crippen MR) is 61.6 cm³/mol. The Morgan fingerprint density at radius 3 is 2.56 bits per heavy atom. The Labute approximate surface area is 108 Å². The van der Waals surface area contributed by atoms with Gasteiger partial charge in [0.2, 0.25) is 11.2 Å². The van der Waals surface area contributed by atoms with E-state index in [1.165, 1.54) is 0 Å². The largest absolute Gasteiger partial charge is 0.478 e. The Morgan fingerprint density at radius 1 is 1.33 bits per heavy atom. The van der Waals surface area contributed by atoms with Crippen LogP contribution in [0.1, 0.15) is 32.4 Å². The number of ether oxygens (including phenoxy) is 1. The van der Waals surface area contributed by atoms with E-state index in [1.807, 2.05) is 0 Å². The molecule has 1 rings (SSSR count). The highest BCUT2D eigenvalue weighted by Crippen LogP contribution is 2.30. The van der Waals surface area contributed by atoms with Gasteiger partial charge in [-0.25, -0.2) is 4.98 Å². The van der Waals surface area contributed by atoms with Crippen molar-refractivity contribution >= 4 is 11.6 Å². The van der Waals surface area contributed by atoms with Crippen LogP contribution in [0.5, 0.6) is 5.88 Å². The van der Waals surface area contributed by atoms with Crippen molar-refractivity contribution in [2.45, 2.75) is 32.9 Å². The smallest absolute Gasteiger partial charge is 0.433 e. The summed E-state index contributed by atoms with van der Waals surface area (Å²) in [5.74, 6) is 0.374. The quantitative estimate of drug-likeness (QED) is 0.605. The number of rotatable bonds is 5. The van der Waals surface area contributed by atoms with Gasteiger partial charge < -0.3 is 4.74 Å². The second-order valence-electron chi connectivity index (χ2n) is 4.24. The summed E-state index contributed by atoms with van der Waals surface area (Å²) in [6, 6.07) is 0.751. The molecule has 1 aromatic rings. The Hall–Kier alpha value is -1.04. The summed E-state index contributed by atoms with van der Waals surface area (Å²) in [6.07, 6.45) is -2.87.